The van der Waals surface area contributed by atoms with E-state index < -0.39 is 0 Å². The van der Waals surface area contributed by atoms with Gasteiger partial charge >= 0.3 is 0 Å². The number of aromatic amines is 1. The normalized spacial score (nSPS) is 16.3. The maximum atomic E-state index is 12.2. The predicted octanol–water partition coefficient (Wildman–Crippen LogP) is 0.431. The van der Waals surface area contributed by atoms with E-state index in [2.05, 4.69) is 25.7 Å². The van der Waals surface area contributed by atoms with Crippen LogP contribution in [0.1, 0.15) is 17.7 Å². The quantitative estimate of drug-likeness (QED) is 0.479. The molecule has 3 rings (SSSR count). The van der Waals surface area contributed by atoms with Crippen LogP contribution in [0.4, 0.5) is 11.6 Å². The predicted molar refractivity (Wildman–Crippen MR) is 91.2 cm³/mol. The van der Waals surface area contributed by atoms with Gasteiger partial charge < -0.3 is 0 Å². The molecule has 5 N–H and O–H groups in total. The molecule has 1 aliphatic rings. The molecule has 1 aromatic carbocycles. The van der Waals surface area contributed by atoms with Gasteiger partial charge in [0.05, 0.1) is 18.2 Å². The highest BCUT2D eigenvalue weighted by Crippen LogP contribution is 2.18. The summed E-state index contributed by atoms with van der Waals surface area (Å²) < 4.78 is 0. The van der Waals surface area contributed by atoms with Crippen molar-refractivity contribution in [2.75, 3.05) is 5.32 Å². The summed E-state index contributed by atoms with van der Waals surface area (Å²) in [6.07, 6.45) is 3.01. The topological polar surface area (TPSA) is 125 Å². The van der Waals surface area contributed by atoms with Crippen LogP contribution in [0.15, 0.2) is 40.1 Å². The number of carbonyl (C=O) groups is 1. The number of nitrogens with zero attached hydrogens (tertiary/aromatic N) is 2. The molecule has 8 heteroatoms. The minimum absolute atomic E-state index is 0.116. The summed E-state index contributed by atoms with van der Waals surface area (Å²) in [5, 5.41) is 2.63. The Balaban J connectivity index is 1.76. The summed E-state index contributed by atoms with van der Waals surface area (Å²) in [7, 11) is 0. The second-order valence-electron chi connectivity index (χ2n) is 5.51. The van der Waals surface area contributed by atoms with Gasteiger partial charge in [0.15, 0.2) is 0 Å². The van der Waals surface area contributed by atoms with Crippen LogP contribution >= 0.6 is 0 Å². The lowest BCUT2D eigenvalue weighted by atomic mass is 10.1. The molecular weight excluding hydrogens is 308 g/mol. The molecule has 0 saturated carbocycles. The molecule has 0 saturated heterocycles. The molecule has 1 amide bonds. The number of hydrazine groups is 1. The number of anilines is 1. The van der Waals surface area contributed by atoms with E-state index in [0.717, 1.165) is 5.56 Å². The van der Waals surface area contributed by atoms with Gasteiger partial charge in [0.2, 0.25) is 11.9 Å². The van der Waals surface area contributed by atoms with Crippen molar-refractivity contribution in [2.45, 2.75) is 25.3 Å². The van der Waals surface area contributed by atoms with Crippen molar-refractivity contribution in [3.05, 3.63) is 51.9 Å². The first-order valence-electron chi connectivity index (χ1n) is 7.63. The molecule has 0 spiro atoms. The third-order valence-electron chi connectivity index (χ3n) is 3.72. The van der Waals surface area contributed by atoms with E-state index in [1.54, 1.807) is 6.21 Å². The minimum Gasteiger partial charge on any atom is -0.296 e. The van der Waals surface area contributed by atoms with Gasteiger partial charge in [0.25, 0.3) is 5.56 Å². The third-order valence-corrected chi connectivity index (χ3v) is 3.72. The third kappa shape index (κ3) is 3.73. The molecular formula is C16H18N6O2. The fourth-order valence-corrected chi connectivity index (χ4v) is 2.50. The largest absolute Gasteiger partial charge is 0.296 e. The molecule has 1 atom stereocenters. The van der Waals surface area contributed by atoms with Crippen molar-refractivity contribution in [1.82, 2.24) is 15.4 Å². The van der Waals surface area contributed by atoms with E-state index in [9.17, 15) is 9.59 Å². The highest BCUT2D eigenvalue weighted by molar-refractivity contribution is 5.90. The maximum absolute atomic E-state index is 12.2. The molecule has 1 aromatic heterocycles. The number of aliphatic imine (C=N–C) groups is 1. The first-order chi connectivity index (χ1) is 11.7. The lowest BCUT2D eigenvalue weighted by Crippen LogP contribution is -2.36. The first kappa shape index (κ1) is 16.0. The van der Waals surface area contributed by atoms with Gasteiger partial charge in [-0.15, -0.1) is 0 Å². The number of nitrogens with one attached hydrogen (secondary N) is 3. The Hall–Kier alpha value is -2.84. The van der Waals surface area contributed by atoms with Gasteiger partial charge in [-0.3, -0.25) is 36.2 Å². The molecule has 124 valence electrons. The number of amides is 1. The number of aromatic nitrogens is 2. The maximum Gasteiger partial charge on any atom is 0.278 e. The molecule has 2 heterocycles. The highest BCUT2D eigenvalue weighted by atomic mass is 16.2. The number of nitrogens with two attached hydrogens (primary N) is 1. The number of hydrogen-bond donors (Lipinski definition) is 4. The molecule has 0 fully saturated rings. The van der Waals surface area contributed by atoms with Crippen LogP contribution in [-0.2, 0) is 17.6 Å². The number of H-pyrrole nitrogens is 1. The second-order valence-corrected chi connectivity index (χ2v) is 5.51. The van der Waals surface area contributed by atoms with Crippen molar-refractivity contribution in [1.29, 1.82) is 0 Å². The van der Waals surface area contributed by atoms with Gasteiger partial charge in [-0.2, -0.15) is 0 Å². The van der Waals surface area contributed by atoms with Crippen LogP contribution in [0.3, 0.4) is 0 Å². The summed E-state index contributed by atoms with van der Waals surface area (Å²) in [6.45, 7) is 0. The fourth-order valence-electron chi connectivity index (χ4n) is 2.50. The van der Waals surface area contributed by atoms with Gasteiger partial charge in [0, 0.05) is 6.21 Å². The lowest BCUT2D eigenvalue weighted by molar-refractivity contribution is -0.115. The Morgan fingerprint density at radius 2 is 2.12 bits per heavy atom. The first-order valence-corrected chi connectivity index (χ1v) is 7.63. The van der Waals surface area contributed by atoms with Crippen molar-refractivity contribution < 1.29 is 4.79 Å². The van der Waals surface area contributed by atoms with E-state index in [1.807, 2.05) is 30.3 Å². The summed E-state index contributed by atoms with van der Waals surface area (Å²) in [6, 6.07) is 9.23. The molecule has 24 heavy (non-hydrogen) atoms. The Morgan fingerprint density at radius 1 is 1.33 bits per heavy atom. The fraction of sp³-hybridized carbons (Fsp3) is 0.250. The summed E-state index contributed by atoms with van der Waals surface area (Å²) >= 11 is 0. The average Bonchev–Trinajstić information content (AvgIpc) is 2.78. The van der Waals surface area contributed by atoms with Crippen molar-refractivity contribution in [2.24, 2.45) is 10.8 Å². The smallest absolute Gasteiger partial charge is 0.278 e. The van der Waals surface area contributed by atoms with E-state index >= 15 is 0 Å². The molecule has 0 bridgehead atoms. The standard InChI is InChI=1S/C16H18N6O2/c17-22-11-6-7-12-14(18-9-11)15(24)21-16(19-12)20-13(23)8-10-4-2-1-3-5-10/h1-5,9,11,22H,6-8,17H2,(H2,19,20,21,23,24). The molecule has 0 radical (unpaired) electrons. The number of rotatable bonds is 4. The van der Waals surface area contributed by atoms with Gasteiger partial charge in [0.1, 0.15) is 5.69 Å². The van der Waals surface area contributed by atoms with Gasteiger partial charge in [-0.05, 0) is 18.4 Å². The van der Waals surface area contributed by atoms with Crippen LogP contribution in [0.2, 0.25) is 0 Å². The van der Waals surface area contributed by atoms with Crippen molar-refractivity contribution in [3.8, 4) is 0 Å². The Kier molecular flexibility index (Phi) is 4.78. The Labute approximate surface area is 138 Å². The van der Waals surface area contributed by atoms with E-state index in [0.29, 0.717) is 18.5 Å². The molecule has 1 aliphatic heterocycles. The van der Waals surface area contributed by atoms with E-state index in [-0.39, 0.29) is 35.6 Å². The van der Waals surface area contributed by atoms with Crippen LogP contribution in [-0.4, -0.2) is 28.1 Å². The second kappa shape index (κ2) is 7.16. The summed E-state index contributed by atoms with van der Waals surface area (Å²) in [5.41, 5.74) is 3.91. The zero-order valence-electron chi connectivity index (χ0n) is 13.0. The van der Waals surface area contributed by atoms with Gasteiger partial charge in [-0.1, -0.05) is 30.3 Å². The Morgan fingerprint density at radius 3 is 2.88 bits per heavy atom. The van der Waals surface area contributed by atoms with Crippen molar-refractivity contribution in [3.63, 3.8) is 0 Å². The molecule has 0 aliphatic carbocycles. The van der Waals surface area contributed by atoms with Crippen LogP contribution in [0, 0.1) is 0 Å². The summed E-state index contributed by atoms with van der Waals surface area (Å²) in [4.78, 5) is 35.3. The van der Waals surface area contributed by atoms with Gasteiger partial charge in [-0.25, -0.2) is 4.98 Å². The monoisotopic (exact) mass is 326 g/mol. The average molecular weight is 326 g/mol. The number of aryl methyl sites for hydroxylation is 1. The molecule has 2 aromatic rings. The number of fused-ring (bicyclic) bond motifs is 1. The highest BCUT2D eigenvalue weighted by Gasteiger charge is 2.17. The molecule has 8 nitrogen and oxygen atoms in total. The van der Waals surface area contributed by atoms with Crippen LogP contribution in [0.25, 0.3) is 0 Å². The number of carbonyl (C=O) groups excluding carboxylic acids is 1. The van der Waals surface area contributed by atoms with Crippen molar-refractivity contribution >= 4 is 23.8 Å². The number of hydrogen-bond acceptors (Lipinski definition) is 6. The van der Waals surface area contributed by atoms with Crippen LogP contribution in [0.5, 0.6) is 0 Å². The SMILES string of the molecule is NNC1C=Nc2c(nc(NC(=O)Cc3ccccc3)[nH]c2=O)CC1. The lowest BCUT2D eigenvalue weighted by Gasteiger charge is -2.08. The zero-order valence-corrected chi connectivity index (χ0v) is 13.0. The zero-order chi connectivity index (χ0) is 16.9. The Bertz CT molecular complexity index is 815. The minimum atomic E-state index is -0.385. The molecule has 1 unspecified atom stereocenters. The summed E-state index contributed by atoms with van der Waals surface area (Å²) in [5.74, 6) is 5.30. The van der Waals surface area contributed by atoms with E-state index in [1.165, 1.54) is 0 Å². The van der Waals surface area contributed by atoms with Crippen LogP contribution < -0.4 is 22.1 Å². The van der Waals surface area contributed by atoms with E-state index in [4.69, 9.17) is 5.84 Å². The number of benzene rings is 1.